The summed E-state index contributed by atoms with van der Waals surface area (Å²) in [6.45, 7) is 2.82. The normalized spacial score (nSPS) is 10.3. The number of halogens is 1. The van der Waals surface area contributed by atoms with Crippen molar-refractivity contribution in [1.29, 1.82) is 0 Å². The Bertz CT molecular complexity index is 528. The fraction of sp³-hybridized carbons (Fsp3) is 0.357. The molecule has 0 bridgehead atoms. The molecule has 2 N–H and O–H groups in total. The number of carboxylic acid groups (broad SMARTS) is 1. The van der Waals surface area contributed by atoms with Gasteiger partial charge in [0.15, 0.2) is 0 Å². The highest BCUT2D eigenvalue weighted by Gasteiger charge is 2.20. The molecular formula is C14H17BrN2O4. The zero-order chi connectivity index (χ0) is 16.0. The summed E-state index contributed by atoms with van der Waals surface area (Å²) in [6, 6.07) is 6.45. The van der Waals surface area contributed by atoms with E-state index < -0.39 is 11.9 Å². The number of hydrogen-bond donors (Lipinski definition) is 2. The van der Waals surface area contributed by atoms with Crippen LogP contribution in [0.2, 0.25) is 0 Å². The topological polar surface area (TPSA) is 86.7 Å². The van der Waals surface area contributed by atoms with Crippen molar-refractivity contribution in [3.8, 4) is 0 Å². The number of aliphatic carboxylic acids is 1. The van der Waals surface area contributed by atoms with E-state index in [1.165, 1.54) is 4.90 Å². The quantitative estimate of drug-likeness (QED) is 0.808. The Morgan fingerprint density at radius 1 is 1.24 bits per heavy atom. The molecule has 0 aliphatic heterocycles. The van der Waals surface area contributed by atoms with E-state index >= 15 is 0 Å². The summed E-state index contributed by atoms with van der Waals surface area (Å²) in [5.74, 6) is -1.90. The Balaban J connectivity index is 2.60. The van der Waals surface area contributed by atoms with Crippen molar-refractivity contribution >= 4 is 33.7 Å². The first-order valence-corrected chi connectivity index (χ1v) is 7.15. The Kier molecular flexibility index (Phi) is 6.36. The standard InChI is InChI=1S/C14H17BrN2O4/c1-9(2)17(8-13(19)20)12(18)7-16-14(21)10-3-5-11(15)6-4-10/h3-6,9H,7-8H2,1-2H3,(H,16,21)(H,19,20). The smallest absolute Gasteiger partial charge is 0.323 e. The lowest BCUT2D eigenvalue weighted by molar-refractivity contribution is -0.145. The molecule has 0 aromatic heterocycles. The summed E-state index contributed by atoms with van der Waals surface area (Å²) in [7, 11) is 0. The Morgan fingerprint density at radius 2 is 1.81 bits per heavy atom. The molecule has 0 aliphatic carbocycles. The van der Waals surface area contributed by atoms with Crippen molar-refractivity contribution in [3.63, 3.8) is 0 Å². The molecule has 0 saturated heterocycles. The first kappa shape index (κ1) is 17.2. The molecule has 0 saturated carbocycles. The van der Waals surface area contributed by atoms with Crippen molar-refractivity contribution < 1.29 is 19.5 Å². The van der Waals surface area contributed by atoms with E-state index in [0.29, 0.717) is 5.56 Å². The maximum absolute atomic E-state index is 12.0. The van der Waals surface area contributed by atoms with E-state index in [1.54, 1.807) is 38.1 Å². The van der Waals surface area contributed by atoms with Gasteiger partial charge in [-0.05, 0) is 38.1 Å². The van der Waals surface area contributed by atoms with Crippen LogP contribution in [0.3, 0.4) is 0 Å². The fourth-order valence-corrected chi connectivity index (χ4v) is 1.93. The lowest BCUT2D eigenvalue weighted by Gasteiger charge is -2.24. The van der Waals surface area contributed by atoms with Crippen LogP contribution in [0.5, 0.6) is 0 Å². The molecule has 2 amide bonds. The molecule has 114 valence electrons. The van der Waals surface area contributed by atoms with Crippen LogP contribution < -0.4 is 5.32 Å². The van der Waals surface area contributed by atoms with E-state index in [-0.39, 0.29) is 25.0 Å². The third kappa shape index (κ3) is 5.55. The van der Waals surface area contributed by atoms with E-state index in [0.717, 1.165) is 4.47 Å². The van der Waals surface area contributed by atoms with Crippen molar-refractivity contribution in [1.82, 2.24) is 10.2 Å². The van der Waals surface area contributed by atoms with Crippen LogP contribution in [-0.4, -0.2) is 46.9 Å². The van der Waals surface area contributed by atoms with Gasteiger partial charge in [-0.2, -0.15) is 0 Å². The summed E-state index contributed by atoms with van der Waals surface area (Å²) in [4.78, 5) is 35.7. The van der Waals surface area contributed by atoms with Crippen LogP contribution in [0.25, 0.3) is 0 Å². The predicted molar refractivity (Wildman–Crippen MR) is 81.0 cm³/mol. The van der Waals surface area contributed by atoms with Crippen molar-refractivity contribution in [2.75, 3.05) is 13.1 Å². The summed E-state index contributed by atoms with van der Waals surface area (Å²) in [5, 5.41) is 11.3. The summed E-state index contributed by atoms with van der Waals surface area (Å²) >= 11 is 3.27. The van der Waals surface area contributed by atoms with Crippen molar-refractivity contribution in [2.45, 2.75) is 19.9 Å². The Morgan fingerprint density at radius 3 is 2.29 bits per heavy atom. The average molecular weight is 357 g/mol. The number of carboxylic acids is 1. The van der Waals surface area contributed by atoms with E-state index in [1.807, 2.05) is 0 Å². The maximum atomic E-state index is 12.0. The van der Waals surface area contributed by atoms with Gasteiger partial charge in [-0.15, -0.1) is 0 Å². The molecule has 0 aliphatic rings. The van der Waals surface area contributed by atoms with Gasteiger partial charge in [0, 0.05) is 16.1 Å². The summed E-state index contributed by atoms with van der Waals surface area (Å²) in [5.41, 5.74) is 0.431. The number of carbonyl (C=O) groups excluding carboxylic acids is 2. The number of rotatable bonds is 6. The monoisotopic (exact) mass is 356 g/mol. The molecule has 0 spiro atoms. The largest absolute Gasteiger partial charge is 0.480 e. The maximum Gasteiger partial charge on any atom is 0.323 e. The first-order valence-electron chi connectivity index (χ1n) is 6.36. The summed E-state index contributed by atoms with van der Waals surface area (Å²) < 4.78 is 0.850. The van der Waals surface area contributed by atoms with E-state index in [4.69, 9.17) is 5.11 Å². The van der Waals surface area contributed by atoms with Crippen LogP contribution in [-0.2, 0) is 9.59 Å². The molecule has 21 heavy (non-hydrogen) atoms. The second kappa shape index (κ2) is 7.78. The molecule has 7 heteroatoms. The molecule has 6 nitrogen and oxygen atoms in total. The molecule has 0 fully saturated rings. The summed E-state index contributed by atoms with van der Waals surface area (Å²) in [6.07, 6.45) is 0. The Labute approximate surface area is 131 Å². The number of nitrogens with one attached hydrogen (secondary N) is 1. The SMILES string of the molecule is CC(C)N(CC(=O)O)C(=O)CNC(=O)c1ccc(Br)cc1. The molecule has 0 unspecified atom stereocenters. The lowest BCUT2D eigenvalue weighted by Crippen LogP contribution is -2.45. The lowest BCUT2D eigenvalue weighted by atomic mass is 10.2. The minimum Gasteiger partial charge on any atom is -0.480 e. The highest BCUT2D eigenvalue weighted by molar-refractivity contribution is 9.10. The third-order valence-electron chi connectivity index (χ3n) is 2.76. The highest BCUT2D eigenvalue weighted by atomic mass is 79.9. The van der Waals surface area contributed by atoms with Crippen LogP contribution in [0.15, 0.2) is 28.7 Å². The number of nitrogens with zero attached hydrogens (tertiary/aromatic N) is 1. The van der Waals surface area contributed by atoms with Gasteiger partial charge >= 0.3 is 5.97 Å². The molecule has 0 heterocycles. The molecule has 1 aromatic rings. The van der Waals surface area contributed by atoms with Gasteiger partial charge in [-0.25, -0.2) is 0 Å². The zero-order valence-corrected chi connectivity index (χ0v) is 13.4. The second-order valence-electron chi connectivity index (χ2n) is 4.70. The van der Waals surface area contributed by atoms with Crippen LogP contribution >= 0.6 is 15.9 Å². The highest BCUT2D eigenvalue weighted by Crippen LogP contribution is 2.10. The van der Waals surface area contributed by atoms with Crippen LogP contribution in [0.4, 0.5) is 0 Å². The van der Waals surface area contributed by atoms with Gasteiger partial charge in [-0.1, -0.05) is 15.9 Å². The van der Waals surface area contributed by atoms with Gasteiger partial charge in [0.25, 0.3) is 5.91 Å². The van der Waals surface area contributed by atoms with Crippen molar-refractivity contribution in [3.05, 3.63) is 34.3 Å². The Hall–Kier alpha value is -1.89. The molecule has 0 radical (unpaired) electrons. The van der Waals surface area contributed by atoms with Crippen LogP contribution in [0, 0.1) is 0 Å². The van der Waals surface area contributed by atoms with Gasteiger partial charge < -0.3 is 15.3 Å². The molecule has 0 atom stereocenters. The van der Waals surface area contributed by atoms with Crippen LogP contribution in [0.1, 0.15) is 24.2 Å². The predicted octanol–water partition coefficient (Wildman–Crippen LogP) is 1.50. The minimum atomic E-state index is -1.09. The molecule has 1 aromatic carbocycles. The third-order valence-corrected chi connectivity index (χ3v) is 3.28. The zero-order valence-electron chi connectivity index (χ0n) is 11.8. The van der Waals surface area contributed by atoms with Gasteiger partial charge in [0.1, 0.15) is 6.54 Å². The first-order chi connectivity index (χ1) is 9.81. The van der Waals surface area contributed by atoms with Gasteiger partial charge in [-0.3, -0.25) is 14.4 Å². The number of carbonyl (C=O) groups is 3. The van der Waals surface area contributed by atoms with Crippen molar-refractivity contribution in [2.24, 2.45) is 0 Å². The minimum absolute atomic E-state index is 0.236. The number of amides is 2. The second-order valence-corrected chi connectivity index (χ2v) is 5.61. The van der Waals surface area contributed by atoms with Gasteiger partial charge in [0.2, 0.25) is 5.91 Å². The average Bonchev–Trinajstić information content (AvgIpc) is 2.42. The molecular weight excluding hydrogens is 340 g/mol. The van der Waals surface area contributed by atoms with Gasteiger partial charge in [0.05, 0.1) is 6.54 Å². The van der Waals surface area contributed by atoms with E-state index in [9.17, 15) is 14.4 Å². The molecule has 1 rings (SSSR count). The number of benzene rings is 1. The number of hydrogen-bond acceptors (Lipinski definition) is 3. The van der Waals surface area contributed by atoms with E-state index in [2.05, 4.69) is 21.2 Å². The fourth-order valence-electron chi connectivity index (χ4n) is 1.67.